The standard InChI is InChI=1S/C8H7O4/c1-12-7-3-5(4-9)2-6(10)8(7)11/h2-3,10-11H,1H3. The van der Waals surface area contributed by atoms with Crippen molar-refractivity contribution in [1.82, 2.24) is 0 Å². The minimum absolute atomic E-state index is 0.0494. The van der Waals surface area contributed by atoms with E-state index in [1.54, 1.807) is 6.29 Å². The number of phenolic OH excluding ortho intramolecular Hbond substituents is 2. The number of methoxy groups -OCH3 is 1. The number of hydrogen-bond acceptors (Lipinski definition) is 4. The van der Waals surface area contributed by atoms with Gasteiger partial charge in [-0.15, -0.1) is 0 Å². The lowest BCUT2D eigenvalue weighted by molar-refractivity contribution is 0.351. The number of phenols is 2. The molecule has 0 spiro atoms. The van der Waals surface area contributed by atoms with Gasteiger partial charge in [-0.3, -0.25) is 4.79 Å². The summed E-state index contributed by atoms with van der Waals surface area (Å²) in [5, 5.41) is 18.1. The van der Waals surface area contributed by atoms with Gasteiger partial charge in [0.1, 0.15) is 0 Å². The van der Waals surface area contributed by atoms with Crippen LogP contribution in [0, 0.1) is 0 Å². The molecule has 0 fully saturated rings. The van der Waals surface area contributed by atoms with Crippen LogP contribution in [-0.4, -0.2) is 23.6 Å². The van der Waals surface area contributed by atoms with Gasteiger partial charge in [0.15, 0.2) is 11.5 Å². The molecule has 2 N–H and O–H groups in total. The van der Waals surface area contributed by atoms with Crippen LogP contribution in [0.15, 0.2) is 12.1 Å². The number of aromatic hydroxyl groups is 2. The zero-order valence-corrected chi connectivity index (χ0v) is 6.37. The number of carbonyl (C=O) groups excluding carboxylic acids is 1. The largest absolute Gasteiger partial charge is 0.504 e. The minimum atomic E-state index is -0.396. The Morgan fingerprint density at radius 3 is 2.58 bits per heavy atom. The lowest BCUT2D eigenvalue weighted by Gasteiger charge is -2.04. The summed E-state index contributed by atoms with van der Waals surface area (Å²) >= 11 is 0. The van der Waals surface area contributed by atoms with E-state index in [1.807, 2.05) is 0 Å². The van der Waals surface area contributed by atoms with Gasteiger partial charge in [0.25, 0.3) is 0 Å². The molecular formula is C8H7O4. The molecule has 0 bridgehead atoms. The van der Waals surface area contributed by atoms with E-state index in [4.69, 9.17) is 10.2 Å². The Labute approximate surface area is 69.0 Å². The summed E-state index contributed by atoms with van der Waals surface area (Å²) in [7, 11) is 1.32. The third-order valence-electron chi connectivity index (χ3n) is 1.39. The van der Waals surface area contributed by atoms with Gasteiger partial charge in [0, 0.05) is 5.56 Å². The maximum absolute atomic E-state index is 10.2. The molecule has 1 rings (SSSR count). The topological polar surface area (TPSA) is 66.8 Å². The van der Waals surface area contributed by atoms with E-state index < -0.39 is 5.75 Å². The third kappa shape index (κ3) is 1.32. The van der Waals surface area contributed by atoms with Gasteiger partial charge in [0.05, 0.1) is 7.11 Å². The van der Waals surface area contributed by atoms with Crippen molar-refractivity contribution < 1.29 is 19.7 Å². The van der Waals surface area contributed by atoms with Crippen molar-refractivity contribution >= 4 is 6.29 Å². The highest BCUT2D eigenvalue weighted by molar-refractivity contribution is 5.78. The Morgan fingerprint density at radius 1 is 1.42 bits per heavy atom. The summed E-state index contributed by atoms with van der Waals surface area (Å²) in [6.07, 6.45) is 1.57. The molecular weight excluding hydrogens is 160 g/mol. The molecule has 0 saturated heterocycles. The molecule has 12 heavy (non-hydrogen) atoms. The first-order valence-electron chi connectivity index (χ1n) is 3.17. The lowest BCUT2D eigenvalue weighted by atomic mass is 10.2. The van der Waals surface area contributed by atoms with E-state index in [1.165, 1.54) is 13.2 Å². The monoisotopic (exact) mass is 167 g/mol. The SMILES string of the molecule is COc1cc([C]=O)cc(O)c1O. The van der Waals surface area contributed by atoms with Crippen molar-refractivity contribution in [2.45, 2.75) is 0 Å². The van der Waals surface area contributed by atoms with E-state index in [9.17, 15) is 4.79 Å². The summed E-state index contributed by atoms with van der Waals surface area (Å²) in [5.41, 5.74) is 0.127. The predicted octanol–water partition coefficient (Wildman–Crippen LogP) is 0.564. The Balaban J connectivity index is 3.28. The van der Waals surface area contributed by atoms with E-state index in [0.717, 1.165) is 6.07 Å². The number of benzene rings is 1. The average Bonchev–Trinajstić information content (AvgIpc) is 2.09. The van der Waals surface area contributed by atoms with E-state index in [0.29, 0.717) is 0 Å². The molecule has 4 nitrogen and oxygen atoms in total. The minimum Gasteiger partial charge on any atom is -0.504 e. The Morgan fingerprint density at radius 2 is 2.08 bits per heavy atom. The van der Waals surface area contributed by atoms with Gasteiger partial charge in [-0.05, 0) is 12.1 Å². The van der Waals surface area contributed by atoms with Crippen LogP contribution >= 0.6 is 0 Å². The fraction of sp³-hybridized carbons (Fsp3) is 0.125. The molecule has 63 valence electrons. The molecule has 0 aliphatic carbocycles. The summed E-state index contributed by atoms with van der Waals surface area (Å²) in [6.45, 7) is 0. The quantitative estimate of drug-likeness (QED) is 0.631. The van der Waals surface area contributed by atoms with Crippen LogP contribution in [0.3, 0.4) is 0 Å². The van der Waals surface area contributed by atoms with Crippen molar-refractivity contribution in [1.29, 1.82) is 0 Å². The molecule has 1 radical (unpaired) electrons. The molecule has 4 heteroatoms. The van der Waals surface area contributed by atoms with Gasteiger partial charge < -0.3 is 14.9 Å². The van der Waals surface area contributed by atoms with Crippen LogP contribution in [0.1, 0.15) is 5.56 Å². The molecule has 1 aromatic rings. The van der Waals surface area contributed by atoms with Crippen LogP contribution in [-0.2, 0) is 4.79 Å². The highest BCUT2D eigenvalue weighted by atomic mass is 16.5. The fourth-order valence-corrected chi connectivity index (χ4v) is 0.808. The molecule has 0 amide bonds. The number of ether oxygens (including phenoxy) is 1. The molecule has 1 aromatic carbocycles. The second-order valence-corrected chi connectivity index (χ2v) is 2.15. The average molecular weight is 167 g/mol. The van der Waals surface area contributed by atoms with Crippen molar-refractivity contribution in [3.63, 3.8) is 0 Å². The molecule has 0 aliphatic heterocycles. The molecule has 0 unspecified atom stereocenters. The van der Waals surface area contributed by atoms with Gasteiger partial charge in [-0.1, -0.05) is 0 Å². The first-order valence-corrected chi connectivity index (χ1v) is 3.17. The number of hydrogen-bond donors (Lipinski definition) is 2. The van der Waals surface area contributed by atoms with Crippen LogP contribution < -0.4 is 4.74 Å². The second-order valence-electron chi connectivity index (χ2n) is 2.15. The van der Waals surface area contributed by atoms with E-state index in [-0.39, 0.29) is 17.1 Å². The van der Waals surface area contributed by atoms with Gasteiger partial charge in [-0.2, -0.15) is 0 Å². The van der Waals surface area contributed by atoms with Crippen LogP contribution in [0.5, 0.6) is 17.2 Å². The Kier molecular flexibility index (Phi) is 2.19. The van der Waals surface area contributed by atoms with E-state index >= 15 is 0 Å². The van der Waals surface area contributed by atoms with Crippen molar-refractivity contribution in [2.75, 3.05) is 7.11 Å². The molecule has 0 saturated carbocycles. The molecule has 0 atom stereocenters. The molecule has 0 aromatic heterocycles. The highest BCUT2D eigenvalue weighted by Gasteiger charge is 2.08. The summed E-state index contributed by atoms with van der Waals surface area (Å²) < 4.78 is 4.68. The molecule has 0 heterocycles. The van der Waals surface area contributed by atoms with Crippen LogP contribution in [0.25, 0.3) is 0 Å². The van der Waals surface area contributed by atoms with Crippen LogP contribution in [0.4, 0.5) is 0 Å². The summed E-state index contributed by atoms with van der Waals surface area (Å²) in [5.74, 6) is -0.724. The van der Waals surface area contributed by atoms with Gasteiger partial charge in [-0.25, -0.2) is 0 Å². The van der Waals surface area contributed by atoms with E-state index in [2.05, 4.69) is 4.74 Å². The first-order chi connectivity index (χ1) is 5.69. The van der Waals surface area contributed by atoms with Crippen LogP contribution in [0.2, 0.25) is 0 Å². The fourth-order valence-electron chi connectivity index (χ4n) is 0.808. The maximum Gasteiger partial charge on any atom is 0.233 e. The zero-order chi connectivity index (χ0) is 9.14. The lowest BCUT2D eigenvalue weighted by Crippen LogP contribution is -1.87. The maximum atomic E-state index is 10.2. The second kappa shape index (κ2) is 3.13. The summed E-state index contributed by atoms with van der Waals surface area (Å²) in [6, 6.07) is 2.38. The smallest absolute Gasteiger partial charge is 0.233 e. The highest BCUT2D eigenvalue weighted by Crippen LogP contribution is 2.35. The third-order valence-corrected chi connectivity index (χ3v) is 1.39. The Bertz CT molecular complexity index is 306. The van der Waals surface area contributed by atoms with Crippen molar-refractivity contribution in [3.05, 3.63) is 17.7 Å². The van der Waals surface area contributed by atoms with Crippen molar-refractivity contribution in [2.24, 2.45) is 0 Å². The predicted molar refractivity (Wildman–Crippen MR) is 41.1 cm³/mol. The van der Waals surface area contributed by atoms with Gasteiger partial charge >= 0.3 is 0 Å². The molecule has 0 aliphatic rings. The zero-order valence-electron chi connectivity index (χ0n) is 6.37. The van der Waals surface area contributed by atoms with Crippen molar-refractivity contribution in [3.8, 4) is 17.2 Å². The normalized spacial score (nSPS) is 9.42. The van der Waals surface area contributed by atoms with Gasteiger partial charge in [0.2, 0.25) is 12.0 Å². The number of rotatable bonds is 2. The summed E-state index contributed by atoms with van der Waals surface area (Å²) in [4.78, 5) is 10.2. The Hall–Kier alpha value is -1.71. The first kappa shape index (κ1) is 8.39.